The van der Waals surface area contributed by atoms with E-state index in [2.05, 4.69) is 0 Å². The summed E-state index contributed by atoms with van der Waals surface area (Å²) in [7, 11) is 0. The molecule has 0 aliphatic carbocycles. The van der Waals surface area contributed by atoms with Crippen molar-refractivity contribution >= 4 is 24.2 Å². The number of rotatable bonds is 2. The van der Waals surface area contributed by atoms with Crippen LogP contribution in [0.1, 0.15) is 10.4 Å². The van der Waals surface area contributed by atoms with Gasteiger partial charge < -0.3 is 15.5 Å². The summed E-state index contributed by atoms with van der Waals surface area (Å²) in [5, 5.41) is 0. The summed E-state index contributed by atoms with van der Waals surface area (Å²) in [6.07, 6.45) is 0. The van der Waals surface area contributed by atoms with E-state index in [0.717, 1.165) is 0 Å². The Morgan fingerprint density at radius 3 is 2.05 bits per heavy atom. The first-order valence-corrected chi connectivity index (χ1v) is 6.14. The Kier molecular flexibility index (Phi) is 5.91. The van der Waals surface area contributed by atoms with Gasteiger partial charge in [-0.3, -0.25) is 9.59 Å². The second-order valence-corrected chi connectivity index (χ2v) is 4.38. The van der Waals surface area contributed by atoms with Gasteiger partial charge in [-0.1, -0.05) is 0 Å². The molecule has 1 aliphatic heterocycles. The van der Waals surface area contributed by atoms with Gasteiger partial charge in [0, 0.05) is 31.7 Å². The van der Waals surface area contributed by atoms with Crippen LogP contribution in [-0.2, 0) is 4.79 Å². The standard InChI is InChI=1S/C13H16FN3O2.ClH/c14-11-3-1-10(2-4-11)13(19)17-7-5-16(6-8-17)12(18)9-15;/h1-4H,5-9,15H2;1H. The largest absolute Gasteiger partial charge is 0.338 e. The van der Waals surface area contributed by atoms with E-state index in [1.807, 2.05) is 0 Å². The van der Waals surface area contributed by atoms with Gasteiger partial charge in [0.25, 0.3) is 5.91 Å². The number of carbonyl (C=O) groups is 2. The summed E-state index contributed by atoms with van der Waals surface area (Å²) < 4.78 is 12.8. The number of halogens is 2. The maximum atomic E-state index is 12.8. The number of nitrogens with two attached hydrogens (primary N) is 1. The van der Waals surface area contributed by atoms with E-state index < -0.39 is 0 Å². The maximum Gasteiger partial charge on any atom is 0.253 e. The van der Waals surface area contributed by atoms with E-state index in [-0.39, 0.29) is 36.6 Å². The molecule has 0 atom stereocenters. The minimum Gasteiger partial charge on any atom is -0.338 e. The molecule has 110 valence electrons. The van der Waals surface area contributed by atoms with Crippen molar-refractivity contribution in [2.45, 2.75) is 0 Å². The van der Waals surface area contributed by atoms with Crippen molar-refractivity contribution in [2.24, 2.45) is 5.73 Å². The third kappa shape index (κ3) is 3.68. The molecule has 0 saturated carbocycles. The van der Waals surface area contributed by atoms with Gasteiger partial charge in [-0.05, 0) is 24.3 Å². The Morgan fingerprint density at radius 1 is 1.05 bits per heavy atom. The summed E-state index contributed by atoms with van der Waals surface area (Å²) >= 11 is 0. The third-order valence-corrected chi connectivity index (χ3v) is 3.19. The highest BCUT2D eigenvalue weighted by Gasteiger charge is 2.23. The average molecular weight is 302 g/mol. The molecule has 0 bridgehead atoms. The summed E-state index contributed by atoms with van der Waals surface area (Å²) in [5.41, 5.74) is 5.75. The molecule has 1 aliphatic rings. The molecule has 1 aromatic carbocycles. The first-order chi connectivity index (χ1) is 9.11. The number of benzene rings is 1. The molecule has 2 amide bonds. The van der Waals surface area contributed by atoms with Crippen LogP contribution in [0.2, 0.25) is 0 Å². The maximum absolute atomic E-state index is 12.8. The quantitative estimate of drug-likeness (QED) is 0.864. The molecule has 1 aromatic rings. The van der Waals surface area contributed by atoms with Crippen molar-refractivity contribution < 1.29 is 14.0 Å². The van der Waals surface area contributed by atoms with Crippen LogP contribution < -0.4 is 5.73 Å². The fourth-order valence-corrected chi connectivity index (χ4v) is 2.06. The number of hydrogen-bond donors (Lipinski definition) is 1. The lowest BCUT2D eigenvalue weighted by Crippen LogP contribution is -2.51. The molecule has 20 heavy (non-hydrogen) atoms. The first kappa shape index (κ1) is 16.4. The normalized spacial score (nSPS) is 14.7. The van der Waals surface area contributed by atoms with Crippen molar-refractivity contribution in [1.29, 1.82) is 0 Å². The van der Waals surface area contributed by atoms with Gasteiger partial charge >= 0.3 is 0 Å². The molecule has 1 heterocycles. The molecule has 0 spiro atoms. The first-order valence-electron chi connectivity index (χ1n) is 6.14. The summed E-state index contributed by atoms with van der Waals surface area (Å²) in [6.45, 7) is 1.92. The molecule has 1 saturated heterocycles. The van der Waals surface area contributed by atoms with Crippen LogP contribution in [0.4, 0.5) is 4.39 Å². The van der Waals surface area contributed by atoms with Gasteiger partial charge in [0.1, 0.15) is 5.82 Å². The van der Waals surface area contributed by atoms with E-state index in [9.17, 15) is 14.0 Å². The van der Waals surface area contributed by atoms with Crippen LogP contribution in [0, 0.1) is 5.82 Å². The Hall–Kier alpha value is -1.66. The van der Waals surface area contributed by atoms with Gasteiger partial charge in [0.2, 0.25) is 5.91 Å². The number of carbonyl (C=O) groups excluding carboxylic acids is 2. The van der Waals surface area contributed by atoms with Crippen LogP contribution >= 0.6 is 12.4 Å². The van der Waals surface area contributed by atoms with Crippen LogP contribution in [0.15, 0.2) is 24.3 Å². The Labute approximate surface area is 122 Å². The minimum atomic E-state index is -0.366. The average Bonchev–Trinajstić information content (AvgIpc) is 2.46. The minimum absolute atomic E-state index is 0. The number of nitrogens with zero attached hydrogens (tertiary/aromatic N) is 2. The zero-order chi connectivity index (χ0) is 13.8. The Balaban J connectivity index is 0.00000200. The molecule has 0 aromatic heterocycles. The van der Waals surface area contributed by atoms with Crippen LogP contribution in [0.5, 0.6) is 0 Å². The summed E-state index contributed by atoms with van der Waals surface area (Å²) in [6, 6.07) is 5.47. The van der Waals surface area contributed by atoms with E-state index in [0.29, 0.717) is 31.7 Å². The topological polar surface area (TPSA) is 66.6 Å². The van der Waals surface area contributed by atoms with Gasteiger partial charge in [0.05, 0.1) is 6.54 Å². The van der Waals surface area contributed by atoms with Gasteiger partial charge in [-0.25, -0.2) is 4.39 Å². The highest BCUT2D eigenvalue weighted by molar-refractivity contribution is 5.94. The summed E-state index contributed by atoms with van der Waals surface area (Å²) in [4.78, 5) is 26.8. The third-order valence-electron chi connectivity index (χ3n) is 3.19. The Morgan fingerprint density at radius 2 is 1.55 bits per heavy atom. The molecule has 7 heteroatoms. The lowest BCUT2D eigenvalue weighted by Gasteiger charge is -2.34. The summed E-state index contributed by atoms with van der Waals surface area (Å²) in [5.74, 6) is -0.608. The highest BCUT2D eigenvalue weighted by atomic mass is 35.5. The lowest BCUT2D eigenvalue weighted by atomic mass is 10.2. The highest BCUT2D eigenvalue weighted by Crippen LogP contribution is 2.10. The van der Waals surface area contributed by atoms with E-state index >= 15 is 0 Å². The molecule has 1 fully saturated rings. The zero-order valence-corrected chi connectivity index (χ0v) is 11.7. The molecule has 0 unspecified atom stereocenters. The van der Waals surface area contributed by atoms with Crippen LogP contribution in [0.25, 0.3) is 0 Å². The van der Waals surface area contributed by atoms with Crippen LogP contribution in [0.3, 0.4) is 0 Å². The SMILES string of the molecule is Cl.NCC(=O)N1CCN(C(=O)c2ccc(F)cc2)CC1. The predicted molar refractivity (Wildman–Crippen MR) is 75.2 cm³/mol. The lowest BCUT2D eigenvalue weighted by molar-refractivity contribution is -0.131. The monoisotopic (exact) mass is 301 g/mol. The molecule has 5 nitrogen and oxygen atoms in total. The number of piperazine rings is 1. The zero-order valence-electron chi connectivity index (χ0n) is 10.9. The van der Waals surface area contributed by atoms with Crippen molar-refractivity contribution in [3.8, 4) is 0 Å². The van der Waals surface area contributed by atoms with Crippen molar-refractivity contribution in [2.75, 3.05) is 32.7 Å². The molecule has 0 radical (unpaired) electrons. The smallest absolute Gasteiger partial charge is 0.253 e. The van der Waals surface area contributed by atoms with Crippen molar-refractivity contribution in [1.82, 2.24) is 9.80 Å². The number of amides is 2. The molecule has 2 rings (SSSR count). The predicted octanol–water partition coefficient (Wildman–Crippen LogP) is 0.491. The second-order valence-electron chi connectivity index (χ2n) is 4.38. The molecule has 2 N–H and O–H groups in total. The fourth-order valence-electron chi connectivity index (χ4n) is 2.06. The second kappa shape index (κ2) is 7.21. The Bertz CT molecular complexity index is 473. The van der Waals surface area contributed by atoms with E-state index in [1.165, 1.54) is 24.3 Å². The van der Waals surface area contributed by atoms with Gasteiger partial charge in [-0.15, -0.1) is 12.4 Å². The van der Waals surface area contributed by atoms with E-state index in [1.54, 1.807) is 9.80 Å². The van der Waals surface area contributed by atoms with E-state index in [4.69, 9.17) is 5.73 Å². The van der Waals surface area contributed by atoms with Gasteiger partial charge in [0.15, 0.2) is 0 Å². The number of hydrogen-bond acceptors (Lipinski definition) is 3. The fraction of sp³-hybridized carbons (Fsp3) is 0.385. The molecular formula is C13H17ClFN3O2. The molecular weight excluding hydrogens is 285 g/mol. The van der Waals surface area contributed by atoms with Gasteiger partial charge in [-0.2, -0.15) is 0 Å². The van der Waals surface area contributed by atoms with Crippen molar-refractivity contribution in [3.05, 3.63) is 35.6 Å². The van der Waals surface area contributed by atoms with Crippen LogP contribution in [-0.4, -0.2) is 54.3 Å². The van der Waals surface area contributed by atoms with Crippen molar-refractivity contribution in [3.63, 3.8) is 0 Å².